The second kappa shape index (κ2) is 11.5. The quantitative estimate of drug-likeness (QED) is 0.169. The lowest BCUT2D eigenvalue weighted by Crippen LogP contribution is -2.10. The van der Waals surface area contributed by atoms with Gasteiger partial charge in [-0.2, -0.15) is 0 Å². The fraction of sp³-hybridized carbons (Fsp3) is 0. The third kappa shape index (κ3) is 4.57. The number of hydrogen-bond donors (Lipinski definition) is 0. The van der Waals surface area contributed by atoms with Crippen molar-refractivity contribution in [2.45, 2.75) is 0 Å². The first kappa shape index (κ1) is 28.4. The number of benzene rings is 9. The van der Waals surface area contributed by atoms with Gasteiger partial charge in [-0.15, -0.1) is 0 Å². The van der Waals surface area contributed by atoms with Crippen LogP contribution in [0.4, 0.5) is 17.1 Å². The average molecular weight is 638 g/mol. The van der Waals surface area contributed by atoms with Gasteiger partial charge in [-0.3, -0.25) is 0 Å². The molecule has 2 heteroatoms. The van der Waals surface area contributed by atoms with Crippen LogP contribution in [0.1, 0.15) is 0 Å². The summed E-state index contributed by atoms with van der Waals surface area (Å²) >= 11 is 0. The normalized spacial score (nSPS) is 11.6. The van der Waals surface area contributed by atoms with E-state index < -0.39 is 0 Å². The van der Waals surface area contributed by atoms with E-state index in [-0.39, 0.29) is 0 Å². The zero-order valence-electron chi connectivity index (χ0n) is 27.3. The van der Waals surface area contributed by atoms with Gasteiger partial charge in [0.25, 0.3) is 0 Å². The summed E-state index contributed by atoms with van der Waals surface area (Å²) < 4.78 is 6.65. The van der Waals surface area contributed by atoms with Gasteiger partial charge in [0, 0.05) is 33.1 Å². The highest BCUT2D eigenvalue weighted by Crippen LogP contribution is 2.46. The van der Waals surface area contributed by atoms with Gasteiger partial charge in [-0.25, -0.2) is 0 Å². The van der Waals surface area contributed by atoms with Gasteiger partial charge in [0.15, 0.2) is 0 Å². The Kier molecular flexibility index (Phi) is 6.53. The SMILES string of the molecule is c1ccc(-c2ccc(N(c3ccc(-c4ccccc4)cc3)c3ccc(-c4ccc5ccc6cccc7oc4c5c67)c4ccccc34)cc2)cc1. The van der Waals surface area contributed by atoms with Crippen LogP contribution in [0.15, 0.2) is 192 Å². The highest BCUT2D eigenvalue weighted by molar-refractivity contribution is 6.25. The molecule has 0 amide bonds. The highest BCUT2D eigenvalue weighted by atomic mass is 16.3. The number of furan rings is 1. The number of rotatable bonds is 6. The number of fused-ring (bicyclic) bond motifs is 1. The highest BCUT2D eigenvalue weighted by Gasteiger charge is 2.21. The summed E-state index contributed by atoms with van der Waals surface area (Å²) in [4.78, 5) is 2.38. The van der Waals surface area contributed by atoms with Crippen molar-refractivity contribution in [2.75, 3.05) is 4.90 Å². The van der Waals surface area contributed by atoms with E-state index in [1.54, 1.807) is 0 Å². The van der Waals surface area contributed by atoms with Crippen LogP contribution in [0.5, 0.6) is 0 Å². The molecule has 10 aromatic rings. The van der Waals surface area contributed by atoms with E-state index in [4.69, 9.17) is 4.42 Å². The molecule has 0 saturated heterocycles. The first-order chi connectivity index (χ1) is 24.8. The van der Waals surface area contributed by atoms with Crippen LogP contribution < -0.4 is 4.90 Å². The fourth-order valence-corrected chi connectivity index (χ4v) is 7.65. The molecule has 1 heterocycles. The Morgan fingerprint density at radius 1 is 0.340 bits per heavy atom. The van der Waals surface area contributed by atoms with E-state index in [0.29, 0.717) is 0 Å². The molecule has 10 rings (SSSR count). The van der Waals surface area contributed by atoms with Crippen LogP contribution in [-0.2, 0) is 0 Å². The molecule has 0 aliphatic carbocycles. The Bertz CT molecular complexity index is 2700. The number of hydrogen-bond acceptors (Lipinski definition) is 2. The minimum atomic E-state index is 0.931. The molecule has 0 bridgehead atoms. The van der Waals surface area contributed by atoms with Crippen LogP contribution in [-0.4, -0.2) is 0 Å². The second-order valence-corrected chi connectivity index (χ2v) is 12.9. The molecule has 0 N–H and O–H groups in total. The van der Waals surface area contributed by atoms with Crippen molar-refractivity contribution in [1.82, 2.24) is 0 Å². The average Bonchev–Trinajstić information content (AvgIpc) is 3.60. The lowest BCUT2D eigenvalue weighted by atomic mass is 9.93. The molecule has 50 heavy (non-hydrogen) atoms. The largest absolute Gasteiger partial charge is 0.455 e. The molecule has 0 aliphatic heterocycles. The first-order valence-corrected chi connectivity index (χ1v) is 17.1. The van der Waals surface area contributed by atoms with Crippen molar-refractivity contribution >= 4 is 60.5 Å². The Morgan fingerprint density at radius 2 is 0.860 bits per heavy atom. The van der Waals surface area contributed by atoms with E-state index in [2.05, 4.69) is 193 Å². The minimum Gasteiger partial charge on any atom is -0.455 e. The summed E-state index contributed by atoms with van der Waals surface area (Å²) in [5, 5.41) is 7.16. The van der Waals surface area contributed by atoms with E-state index in [9.17, 15) is 0 Å². The van der Waals surface area contributed by atoms with Crippen molar-refractivity contribution in [1.29, 1.82) is 0 Å². The number of anilines is 3. The molecule has 0 aliphatic rings. The van der Waals surface area contributed by atoms with Gasteiger partial charge in [-0.1, -0.05) is 146 Å². The first-order valence-electron chi connectivity index (χ1n) is 17.1. The summed E-state index contributed by atoms with van der Waals surface area (Å²) in [5.41, 5.74) is 12.2. The van der Waals surface area contributed by atoms with E-state index in [0.717, 1.165) is 39.4 Å². The summed E-state index contributed by atoms with van der Waals surface area (Å²) in [6.45, 7) is 0. The van der Waals surface area contributed by atoms with E-state index in [1.165, 1.54) is 54.6 Å². The minimum absolute atomic E-state index is 0.931. The van der Waals surface area contributed by atoms with Crippen LogP contribution in [0.25, 0.3) is 76.9 Å². The van der Waals surface area contributed by atoms with Crippen molar-refractivity contribution in [2.24, 2.45) is 0 Å². The predicted octanol–water partition coefficient (Wildman–Crippen LogP) is 13.8. The van der Waals surface area contributed by atoms with E-state index in [1.807, 2.05) is 0 Å². The van der Waals surface area contributed by atoms with Gasteiger partial charge in [0.05, 0.1) is 5.69 Å². The van der Waals surface area contributed by atoms with Gasteiger partial charge >= 0.3 is 0 Å². The van der Waals surface area contributed by atoms with Crippen molar-refractivity contribution in [3.8, 4) is 33.4 Å². The number of nitrogens with zero attached hydrogens (tertiary/aromatic N) is 1. The maximum absolute atomic E-state index is 6.65. The third-order valence-corrected chi connectivity index (χ3v) is 10.1. The topological polar surface area (TPSA) is 16.4 Å². The standard InChI is InChI=1S/C48H31NO/c1-3-10-32(11-4-1)34-20-25-38(26-21-34)49(39-27-22-35(23-28-39)33-12-5-2-6-13-33)44-31-30-41(40-15-7-8-16-42(40)44)43-29-24-37-19-18-36-14-9-17-45-46(36)47(37)48(43)50-45/h1-31H. The van der Waals surface area contributed by atoms with Gasteiger partial charge in [0.2, 0.25) is 0 Å². The molecule has 0 atom stereocenters. The Balaban J connectivity index is 1.16. The van der Waals surface area contributed by atoms with E-state index >= 15 is 0 Å². The zero-order valence-corrected chi connectivity index (χ0v) is 27.3. The zero-order chi connectivity index (χ0) is 33.0. The van der Waals surface area contributed by atoms with Crippen molar-refractivity contribution in [3.05, 3.63) is 188 Å². The van der Waals surface area contributed by atoms with Crippen molar-refractivity contribution in [3.63, 3.8) is 0 Å². The lowest BCUT2D eigenvalue weighted by molar-refractivity contribution is 0.670. The van der Waals surface area contributed by atoms with Crippen LogP contribution in [0.2, 0.25) is 0 Å². The van der Waals surface area contributed by atoms with Crippen LogP contribution >= 0.6 is 0 Å². The van der Waals surface area contributed by atoms with Crippen LogP contribution in [0.3, 0.4) is 0 Å². The Labute approximate surface area is 290 Å². The Hall–Kier alpha value is -6.64. The molecule has 1 aromatic heterocycles. The smallest absolute Gasteiger partial charge is 0.143 e. The monoisotopic (exact) mass is 637 g/mol. The molecule has 0 fully saturated rings. The summed E-state index contributed by atoms with van der Waals surface area (Å²) in [6.07, 6.45) is 0. The molecule has 0 spiro atoms. The second-order valence-electron chi connectivity index (χ2n) is 12.9. The molecule has 2 nitrogen and oxygen atoms in total. The molecule has 0 saturated carbocycles. The predicted molar refractivity (Wildman–Crippen MR) is 211 cm³/mol. The van der Waals surface area contributed by atoms with Gasteiger partial charge in [0.1, 0.15) is 11.2 Å². The van der Waals surface area contributed by atoms with Gasteiger partial charge < -0.3 is 9.32 Å². The van der Waals surface area contributed by atoms with Gasteiger partial charge in [-0.05, 0) is 86.4 Å². The maximum Gasteiger partial charge on any atom is 0.143 e. The molecular formula is C48H31NO. The lowest BCUT2D eigenvalue weighted by Gasteiger charge is -2.28. The van der Waals surface area contributed by atoms with Crippen molar-refractivity contribution < 1.29 is 4.42 Å². The Morgan fingerprint density at radius 3 is 1.50 bits per heavy atom. The molecule has 9 aromatic carbocycles. The molecular weight excluding hydrogens is 607 g/mol. The third-order valence-electron chi connectivity index (χ3n) is 10.1. The maximum atomic E-state index is 6.65. The fourth-order valence-electron chi connectivity index (χ4n) is 7.65. The molecule has 0 radical (unpaired) electrons. The summed E-state index contributed by atoms with van der Waals surface area (Å²) in [5.74, 6) is 0. The molecule has 234 valence electrons. The summed E-state index contributed by atoms with van der Waals surface area (Å²) in [7, 11) is 0. The summed E-state index contributed by atoms with van der Waals surface area (Å²) in [6, 6.07) is 67.4. The molecule has 0 unspecified atom stereocenters. The van der Waals surface area contributed by atoms with Crippen LogP contribution in [0, 0.1) is 0 Å².